The Morgan fingerprint density at radius 3 is 2.14 bits per heavy atom. The highest BCUT2D eigenvalue weighted by Gasteiger charge is 2.32. The van der Waals surface area contributed by atoms with Gasteiger partial charge in [0.15, 0.2) is 13.2 Å². The van der Waals surface area contributed by atoms with E-state index < -0.39 is 57.8 Å². The lowest BCUT2D eigenvalue weighted by Gasteiger charge is -2.29. The monoisotopic (exact) mass is 715 g/mol. The number of nitrogens with zero attached hydrogens (tertiary/aromatic N) is 2. The minimum absolute atomic E-state index is 0.0439. The molecule has 17 heteroatoms. The summed E-state index contributed by atoms with van der Waals surface area (Å²) in [6.45, 7) is -3.04. The molecule has 1 heterocycles. The first kappa shape index (κ1) is 35.9. The van der Waals surface area contributed by atoms with Crippen LogP contribution in [0.25, 0.3) is 10.9 Å². The molecule has 4 aromatic rings. The van der Waals surface area contributed by atoms with Crippen LogP contribution in [0.1, 0.15) is 25.7 Å². The van der Waals surface area contributed by atoms with Gasteiger partial charge in [0.2, 0.25) is 16.0 Å². The number of para-hydroxylation sites is 1. The van der Waals surface area contributed by atoms with E-state index in [1.165, 1.54) is 12.1 Å². The molecule has 0 radical (unpaired) electrons. The third kappa shape index (κ3) is 10.6. The average molecular weight is 716 g/mol. The number of ether oxygens (including phenoxy) is 2. The molecule has 3 N–H and O–H groups in total. The second-order valence-corrected chi connectivity index (χ2v) is 13.3. The van der Waals surface area contributed by atoms with Gasteiger partial charge in [-0.25, -0.2) is 22.5 Å². The van der Waals surface area contributed by atoms with Crippen molar-refractivity contribution in [3.05, 3.63) is 72.5 Å². The average Bonchev–Trinajstić information content (AvgIpc) is 3.04. The van der Waals surface area contributed by atoms with Crippen LogP contribution in [0.15, 0.2) is 71.6 Å². The molecule has 0 bridgehead atoms. The predicted molar refractivity (Wildman–Crippen MR) is 168 cm³/mol. The van der Waals surface area contributed by atoms with E-state index in [2.05, 4.69) is 34.8 Å². The van der Waals surface area contributed by atoms with Gasteiger partial charge in [0.05, 0.1) is 5.52 Å². The molecule has 0 aliphatic heterocycles. The maximum Gasteiger partial charge on any atom is 0.422 e. The first-order chi connectivity index (χ1) is 23.1. The first-order valence-electron chi connectivity index (χ1n) is 15.2. The molecule has 1 aromatic heterocycles. The Kier molecular flexibility index (Phi) is 11.0. The zero-order valence-electron chi connectivity index (χ0n) is 25.7. The lowest BCUT2D eigenvalue weighted by atomic mass is 9.82. The van der Waals surface area contributed by atoms with Gasteiger partial charge >= 0.3 is 12.4 Å². The SMILES string of the molecule is O=S(=O)(NC[C@H]1CC[C@H](CNc2nc(Nc3cccc(F)c3)c3ccccc3n2)CC1)c1cc(OCC(F)(F)F)ccc1OCC(F)(F)F. The fourth-order valence-corrected chi connectivity index (χ4v) is 6.64. The summed E-state index contributed by atoms with van der Waals surface area (Å²) in [5, 5.41) is 7.16. The molecule has 49 heavy (non-hydrogen) atoms. The number of alkyl halides is 6. The number of nitrogens with one attached hydrogen (secondary N) is 3. The van der Waals surface area contributed by atoms with Gasteiger partial charge in [0.25, 0.3) is 0 Å². The summed E-state index contributed by atoms with van der Waals surface area (Å²) < 4.78 is 128. The van der Waals surface area contributed by atoms with Gasteiger partial charge < -0.3 is 20.1 Å². The molecule has 5 rings (SSSR count). The molecule has 1 aliphatic carbocycles. The van der Waals surface area contributed by atoms with E-state index in [1.807, 2.05) is 24.3 Å². The molecule has 9 nitrogen and oxygen atoms in total. The van der Waals surface area contributed by atoms with Gasteiger partial charge in [-0.05, 0) is 80.0 Å². The summed E-state index contributed by atoms with van der Waals surface area (Å²) in [4.78, 5) is 8.43. The largest absolute Gasteiger partial charge is 0.484 e. The summed E-state index contributed by atoms with van der Waals surface area (Å²) in [6.07, 6.45) is -6.79. The van der Waals surface area contributed by atoms with Crippen LogP contribution in [0.2, 0.25) is 0 Å². The van der Waals surface area contributed by atoms with Crippen LogP contribution in [-0.2, 0) is 10.0 Å². The van der Waals surface area contributed by atoms with E-state index in [0.29, 0.717) is 48.4 Å². The quantitative estimate of drug-likeness (QED) is 0.121. The van der Waals surface area contributed by atoms with Gasteiger partial charge in [-0.2, -0.15) is 31.3 Å². The van der Waals surface area contributed by atoms with Gasteiger partial charge in [0.1, 0.15) is 28.0 Å². The Morgan fingerprint density at radius 2 is 1.45 bits per heavy atom. The molecule has 3 aromatic carbocycles. The van der Waals surface area contributed by atoms with Crippen LogP contribution in [-0.4, -0.2) is 57.0 Å². The maximum absolute atomic E-state index is 13.8. The van der Waals surface area contributed by atoms with Crippen molar-refractivity contribution in [1.29, 1.82) is 0 Å². The second kappa shape index (κ2) is 15.0. The third-order valence-corrected chi connectivity index (χ3v) is 9.21. The molecular formula is C32H32F7N5O4S. The topological polar surface area (TPSA) is 114 Å². The number of rotatable bonds is 13. The van der Waals surface area contributed by atoms with Gasteiger partial charge in [-0.3, -0.25) is 0 Å². The number of benzene rings is 3. The van der Waals surface area contributed by atoms with Crippen LogP contribution >= 0.6 is 0 Å². The van der Waals surface area contributed by atoms with Crippen LogP contribution in [0.4, 0.5) is 48.2 Å². The second-order valence-electron chi connectivity index (χ2n) is 11.6. The van der Waals surface area contributed by atoms with Crippen molar-refractivity contribution >= 4 is 38.4 Å². The molecule has 0 unspecified atom stereocenters. The maximum atomic E-state index is 13.8. The summed E-state index contributed by atoms with van der Waals surface area (Å²) in [5.74, 6) is -0.604. The molecule has 1 fully saturated rings. The highest BCUT2D eigenvalue weighted by molar-refractivity contribution is 7.89. The Bertz CT molecular complexity index is 1850. The van der Waals surface area contributed by atoms with Crippen molar-refractivity contribution < 1.29 is 48.6 Å². The van der Waals surface area contributed by atoms with Gasteiger partial charge in [-0.15, -0.1) is 0 Å². The summed E-state index contributed by atoms with van der Waals surface area (Å²) in [5.41, 5.74) is 1.20. The molecule has 0 atom stereocenters. The van der Waals surface area contributed by atoms with Gasteiger partial charge in [-0.1, -0.05) is 18.2 Å². The molecule has 0 spiro atoms. The van der Waals surface area contributed by atoms with E-state index in [9.17, 15) is 39.2 Å². The molecule has 1 aliphatic rings. The lowest BCUT2D eigenvalue weighted by Crippen LogP contribution is -2.33. The fourth-order valence-electron chi connectivity index (χ4n) is 5.37. The van der Waals surface area contributed by atoms with Crippen molar-refractivity contribution in [2.45, 2.75) is 42.9 Å². The lowest BCUT2D eigenvalue weighted by molar-refractivity contribution is -0.154. The molecule has 0 saturated heterocycles. The Balaban J connectivity index is 1.18. The summed E-state index contributed by atoms with van der Waals surface area (Å²) in [7, 11) is -4.50. The highest BCUT2D eigenvalue weighted by Crippen LogP contribution is 2.33. The molecule has 1 saturated carbocycles. The molecule has 264 valence electrons. The Labute approximate surface area is 277 Å². The standard InChI is InChI=1S/C32H32F7N5O4S/c33-22-4-3-5-23(14-22)42-29-25-6-1-2-7-26(25)43-30(44-29)40-16-20-8-10-21(11-9-20)17-41-49(45,46)28-15-24(47-18-31(34,35)36)12-13-27(28)48-19-32(37,38)39/h1-7,12-15,20-21,41H,8-11,16-19H2,(H2,40,42,43,44)/t20-,21-. The summed E-state index contributed by atoms with van der Waals surface area (Å²) >= 11 is 0. The first-order valence-corrected chi connectivity index (χ1v) is 16.7. The van der Waals surface area contributed by atoms with Crippen molar-refractivity contribution in [2.24, 2.45) is 11.8 Å². The minimum atomic E-state index is -4.78. The van der Waals surface area contributed by atoms with E-state index in [4.69, 9.17) is 0 Å². The van der Waals surface area contributed by atoms with Gasteiger partial charge in [0, 0.05) is 30.2 Å². The number of sulfonamides is 1. The van der Waals surface area contributed by atoms with Crippen molar-refractivity contribution in [1.82, 2.24) is 14.7 Å². The smallest absolute Gasteiger partial charge is 0.422 e. The molecule has 0 amide bonds. The number of aromatic nitrogens is 2. The van der Waals surface area contributed by atoms with E-state index >= 15 is 0 Å². The third-order valence-electron chi connectivity index (χ3n) is 7.77. The van der Waals surface area contributed by atoms with E-state index in [1.54, 1.807) is 12.1 Å². The predicted octanol–water partition coefficient (Wildman–Crippen LogP) is 7.59. The van der Waals surface area contributed by atoms with Crippen molar-refractivity contribution in [3.8, 4) is 11.5 Å². The number of anilines is 3. The number of fused-ring (bicyclic) bond motifs is 1. The van der Waals surface area contributed by atoms with Crippen LogP contribution in [0, 0.1) is 17.7 Å². The van der Waals surface area contributed by atoms with E-state index in [0.717, 1.165) is 30.4 Å². The van der Waals surface area contributed by atoms with Crippen LogP contribution < -0.4 is 24.8 Å². The van der Waals surface area contributed by atoms with E-state index in [-0.39, 0.29) is 18.4 Å². The van der Waals surface area contributed by atoms with Crippen molar-refractivity contribution in [3.63, 3.8) is 0 Å². The van der Waals surface area contributed by atoms with Crippen molar-refractivity contribution in [2.75, 3.05) is 36.9 Å². The summed E-state index contributed by atoms with van der Waals surface area (Å²) in [6, 6.07) is 15.8. The fraction of sp³-hybridized carbons (Fsp3) is 0.375. The number of halogens is 7. The molecular weight excluding hydrogens is 683 g/mol. The zero-order valence-corrected chi connectivity index (χ0v) is 26.6. The highest BCUT2D eigenvalue weighted by atomic mass is 32.2. The minimum Gasteiger partial charge on any atom is -0.484 e. The van der Waals surface area contributed by atoms with Crippen LogP contribution in [0.5, 0.6) is 11.5 Å². The number of hydrogen-bond acceptors (Lipinski definition) is 8. The normalized spacial score (nSPS) is 17.1. The van der Waals surface area contributed by atoms with Crippen LogP contribution in [0.3, 0.4) is 0 Å². The zero-order chi connectivity index (χ0) is 35.2. The Morgan fingerprint density at radius 1 is 0.776 bits per heavy atom. The Hall–Kier alpha value is -4.38. The number of hydrogen-bond donors (Lipinski definition) is 3.